The molecule has 8 nitrogen and oxygen atoms in total. The molecule has 1 aromatic rings. The maximum atomic E-state index is 13.1. The van der Waals surface area contributed by atoms with E-state index in [0.717, 1.165) is 37.3 Å². The van der Waals surface area contributed by atoms with Crippen LogP contribution in [0, 0.1) is 5.92 Å². The Morgan fingerprint density at radius 2 is 2.19 bits per heavy atom. The molecule has 0 radical (unpaired) electrons. The van der Waals surface area contributed by atoms with Crippen molar-refractivity contribution < 1.29 is 14.3 Å². The van der Waals surface area contributed by atoms with Crippen molar-refractivity contribution in [1.82, 2.24) is 15.2 Å². The number of thioether (sulfide) groups is 1. The fourth-order valence-electron chi connectivity index (χ4n) is 4.62. The smallest absolute Gasteiger partial charge is 0.234 e. The molecule has 2 fully saturated rings. The lowest BCUT2D eigenvalue weighted by atomic mass is 9.81. The van der Waals surface area contributed by atoms with Crippen molar-refractivity contribution in [2.45, 2.75) is 51.4 Å². The van der Waals surface area contributed by atoms with Gasteiger partial charge < -0.3 is 19.9 Å². The van der Waals surface area contributed by atoms with Crippen molar-refractivity contribution in [2.75, 3.05) is 24.7 Å². The van der Waals surface area contributed by atoms with Gasteiger partial charge in [-0.2, -0.15) is 5.10 Å². The number of hydrazone groups is 1. The molecule has 0 aromatic heterocycles. The predicted molar refractivity (Wildman–Crippen MR) is 123 cm³/mol. The van der Waals surface area contributed by atoms with Gasteiger partial charge in [0, 0.05) is 17.6 Å². The number of amides is 2. The van der Waals surface area contributed by atoms with Crippen LogP contribution in [-0.2, 0) is 9.59 Å². The van der Waals surface area contributed by atoms with E-state index in [1.54, 1.807) is 25.3 Å². The zero-order valence-corrected chi connectivity index (χ0v) is 19.3. The summed E-state index contributed by atoms with van der Waals surface area (Å²) in [5.41, 5.74) is 3.67. The van der Waals surface area contributed by atoms with Crippen LogP contribution in [0.3, 0.4) is 0 Å². The lowest BCUT2D eigenvalue weighted by Gasteiger charge is -2.50. The Morgan fingerprint density at radius 1 is 1.39 bits per heavy atom. The average molecular weight is 466 g/mol. The van der Waals surface area contributed by atoms with Crippen LogP contribution in [0.15, 0.2) is 23.3 Å². The van der Waals surface area contributed by atoms with Crippen LogP contribution >= 0.6 is 23.4 Å². The topological polar surface area (TPSA) is 86.3 Å². The summed E-state index contributed by atoms with van der Waals surface area (Å²) in [6, 6.07) is 5.23. The molecule has 3 atom stereocenters. The minimum atomic E-state index is -0.259. The standard InChI is InChI=1S/C21H28ClN5O3S/c1-3-10-26-19(29)14-6-4-5-7-16(14)27-20(26)24-25-21(27)31-12-18(28)23-15-11-13(22)8-9-17(15)30-2/h8-9,11,14,16,20,24H,3-7,10,12H2,1-2H3,(H,23,28). The first-order chi connectivity index (χ1) is 15.0. The highest BCUT2D eigenvalue weighted by Crippen LogP contribution is 2.39. The number of anilines is 1. The molecule has 1 aliphatic carbocycles. The summed E-state index contributed by atoms with van der Waals surface area (Å²) in [6.45, 7) is 2.77. The second kappa shape index (κ2) is 9.56. The maximum Gasteiger partial charge on any atom is 0.234 e. The summed E-state index contributed by atoms with van der Waals surface area (Å²) in [4.78, 5) is 29.8. The van der Waals surface area contributed by atoms with Gasteiger partial charge in [0.05, 0.1) is 24.5 Å². The van der Waals surface area contributed by atoms with E-state index in [0.29, 0.717) is 23.0 Å². The normalized spacial score (nSPS) is 24.8. The van der Waals surface area contributed by atoms with Crippen LogP contribution in [0.4, 0.5) is 5.69 Å². The van der Waals surface area contributed by atoms with Crippen LogP contribution in [0.2, 0.25) is 5.02 Å². The molecule has 4 rings (SSSR count). The molecular formula is C21H28ClN5O3S. The number of methoxy groups -OCH3 is 1. The van der Waals surface area contributed by atoms with Crippen molar-refractivity contribution in [3.63, 3.8) is 0 Å². The number of rotatable bonds is 6. The van der Waals surface area contributed by atoms with Gasteiger partial charge in [0.25, 0.3) is 0 Å². The Balaban J connectivity index is 1.44. The Labute approximate surface area is 191 Å². The van der Waals surface area contributed by atoms with Crippen LogP contribution in [0.5, 0.6) is 5.75 Å². The van der Waals surface area contributed by atoms with Crippen molar-refractivity contribution in [1.29, 1.82) is 0 Å². The molecule has 2 amide bonds. The number of nitrogens with one attached hydrogen (secondary N) is 2. The SMILES string of the molecule is CCCN1C(=O)C2CCCCC2N2C(SCC(=O)Nc3cc(Cl)ccc3OC)=NNC12. The van der Waals surface area contributed by atoms with Gasteiger partial charge in [-0.1, -0.05) is 43.1 Å². The minimum absolute atomic E-state index is 0.00629. The molecule has 31 heavy (non-hydrogen) atoms. The van der Waals surface area contributed by atoms with E-state index in [9.17, 15) is 9.59 Å². The van der Waals surface area contributed by atoms with Crippen LogP contribution in [0.1, 0.15) is 39.0 Å². The zero-order chi connectivity index (χ0) is 22.0. The third-order valence-corrected chi connectivity index (χ3v) is 7.18. The molecule has 0 spiro atoms. The second-order valence-corrected chi connectivity index (χ2v) is 9.35. The zero-order valence-electron chi connectivity index (χ0n) is 17.8. The number of ether oxygens (including phenoxy) is 1. The van der Waals surface area contributed by atoms with Crippen molar-refractivity contribution in [3.8, 4) is 5.75 Å². The van der Waals surface area contributed by atoms with E-state index < -0.39 is 0 Å². The van der Waals surface area contributed by atoms with Crippen LogP contribution < -0.4 is 15.5 Å². The van der Waals surface area contributed by atoms with Gasteiger partial charge in [-0.25, -0.2) is 0 Å². The Hall–Kier alpha value is -2.13. The molecule has 10 heteroatoms. The molecule has 3 aliphatic rings. The van der Waals surface area contributed by atoms with E-state index in [1.807, 2.05) is 4.90 Å². The molecule has 1 saturated heterocycles. The third kappa shape index (κ3) is 4.43. The van der Waals surface area contributed by atoms with Gasteiger partial charge in [-0.3, -0.25) is 15.0 Å². The number of hydrogen-bond donors (Lipinski definition) is 2. The lowest BCUT2D eigenvalue weighted by molar-refractivity contribution is -0.155. The van der Waals surface area contributed by atoms with E-state index in [-0.39, 0.29) is 35.8 Å². The summed E-state index contributed by atoms with van der Waals surface area (Å²) < 4.78 is 5.29. The van der Waals surface area contributed by atoms with Crippen LogP contribution in [0.25, 0.3) is 0 Å². The molecular weight excluding hydrogens is 438 g/mol. The number of nitrogens with zero attached hydrogens (tertiary/aromatic N) is 3. The number of benzene rings is 1. The molecule has 1 aromatic carbocycles. The van der Waals surface area contributed by atoms with Gasteiger partial charge in [-0.05, 0) is 37.5 Å². The number of amidine groups is 1. The number of halogens is 1. The van der Waals surface area contributed by atoms with Crippen molar-refractivity contribution >= 4 is 46.0 Å². The second-order valence-electron chi connectivity index (χ2n) is 7.98. The summed E-state index contributed by atoms with van der Waals surface area (Å²) in [6.07, 6.45) is 4.72. The Kier molecular flexibility index (Phi) is 6.81. The number of carbonyl (C=O) groups is 2. The summed E-state index contributed by atoms with van der Waals surface area (Å²) in [7, 11) is 1.55. The van der Waals surface area contributed by atoms with Gasteiger partial charge in [0.15, 0.2) is 11.5 Å². The molecule has 168 valence electrons. The van der Waals surface area contributed by atoms with Crippen molar-refractivity contribution in [3.05, 3.63) is 23.2 Å². The third-order valence-electron chi connectivity index (χ3n) is 5.97. The number of carbonyl (C=O) groups excluding carboxylic acids is 2. The van der Waals surface area contributed by atoms with Gasteiger partial charge in [0.1, 0.15) is 5.75 Å². The Morgan fingerprint density at radius 3 is 2.97 bits per heavy atom. The van der Waals surface area contributed by atoms with Gasteiger partial charge in [-0.15, -0.1) is 0 Å². The Bertz CT molecular complexity index is 883. The first kappa shape index (κ1) is 22.1. The molecule has 3 unspecified atom stereocenters. The van der Waals surface area contributed by atoms with E-state index >= 15 is 0 Å². The number of hydrogen-bond acceptors (Lipinski definition) is 7. The van der Waals surface area contributed by atoms with Gasteiger partial charge >= 0.3 is 0 Å². The highest BCUT2D eigenvalue weighted by atomic mass is 35.5. The largest absolute Gasteiger partial charge is 0.495 e. The number of fused-ring (bicyclic) bond motifs is 3. The lowest BCUT2D eigenvalue weighted by Crippen LogP contribution is -2.67. The highest BCUT2D eigenvalue weighted by Gasteiger charge is 2.50. The summed E-state index contributed by atoms with van der Waals surface area (Å²) >= 11 is 7.43. The summed E-state index contributed by atoms with van der Waals surface area (Å²) in [5, 5.41) is 8.65. The fraction of sp³-hybridized carbons (Fsp3) is 0.571. The first-order valence-corrected chi connectivity index (χ1v) is 12.1. The molecule has 1 saturated carbocycles. The van der Waals surface area contributed by atoms with Gasteiger partial charge in [0.2, 0.25) is 11.8 Å². The molecule has 2 heterocycles. The van der Waals surface area contributed by atoms with E-state index in [4.69, 9.17) is 16.3 Å². The molecule has 0 bridgehead atoms. The minimum Gasteiger partial charge on any atom is -0.495 e. The molecule has 2 aliphatic heterocycles. The monoisotopic (exact) mass is 465 g/mol. The van der Waals surface area contributed by atoms with E-state index in [1.165, 1.54) is 11.8 Å². The molecule has 2 N–H and O–H groups in total. The van der Waals surface area contributed by atoms with Crippen LogP contribution in [-0.4, -0.2) is 58.5 Å². The van der Waals surface area contributed by atoms with E-state index in [2.05, 4.69) is 27.7 Å². The average Bonchev–Trinajstić information content (AvgIpc) is 3.19. The fourth-order valence-corrected chi connectivity index (χ4v) is 5.63. The van der Waals surface area contributed by atoms with Crippen molar-refractivity contribution in [2.24, 2.45) is 11.0 Å². The summed E-state index contributed by atoms with van der Waals surface area (Å²) in [5.74, 6) is 0.811. The predicted octanol–water partition coefficient (Wildman–Crippen LogP) is 3.29. The maximum absolute atomic E-state index is 13.1. The highest BCUT2D eigenvalue weighted by molar-refractivity contribution is 8.14. The quantitative estimate of drug-likeness (QED) is 0.670. The first-order valence-electron chi connectivity index (χ1n) is 10.7.